The van der Waals surface area contributed by atoms with Gasteiger partial charge in [-0.1, -0.05) is 26.8 Å². The van der Waals surface area contributed by atoms with Crippen molar-refractivity contribution in [3.05, 3.63) is 29.3 Å². The maximum absolute atomic E-state index is 12.8. The van der Waals surface area contributed by atoms with Gasteiger partial charge in [0.2, 0.25) is 0 Å². The number of hydrogen-bond acceptors (Lipinski definition) is 2. The van der Waals surface area contributed by atoms with Crippen LogP contribution in [0.3, 0.4) is 0 Å². The molecule has 4 rings (SSSR count). The van der Waals surface area contributed by atoms with Crippen LogP contribution in [0, 0.1) is 29.1 Å². The van der Waals surface area contributed by atoms with Crippen molar-refractivity contribution in [1.29, 1.82) is 0 Å². The molecule has 0 spiro atoms. The largest absolute Gasteiger partial charge is 0.497 e. The van der Waals surface area contributed by atoms with E-state index < -0.39 is 0 Å². The first-order chi connectivity index (χ1) is 11.5. The van der Waals surface area contributed by atoms with Crippen molar-refractivity contribution in [3.8, 4) is 5.75 Å². The minimum Gasteiger partial charge on any atom is -0.497 e. The lowest BCUT2D eigenvalue weighted by Gasteiger charge is -2.50. The third-order valence-electron chi connectivity index (χ3n) is 7.56. The number of carbonyl (C=O) groups is 1. The van der Waals surface area contributed by atoms with E-state index >= 15 is 0 Å². The molecule has 0 N–H and O–H groups in total. The van der Waals surface area contributed by atoms with E-state index in [1.807, 2.05) is 0 Å². The number of benzene rings is 1. The summed E-state index contributed by atoms with van der Waals surface area (Å²) in [4.78, 5) is 12.8. The first-order valence-electron chi connectivity index (χ1n) is 9.66. The van der Waals surface area contributed by atoms with Gasteiger partial charge in [0.25, 0.3) is 0 Å². The molecule has 0 aliphatic heterocycles. The van der Waals surface area contributed by atoms with Gasteiger partial charge in [0, 0.05) is 11.8 Å². The third kappa shape index (κ3) is 2.18. The highest BCUT2D eigenvalue weighted by molar-refractivity contribution is 5.87. The second-order valence-corrected chi connectivity index (χ2v) is 8.89. The van der Waals surface area contributed by atoms with Crippen LogP contribution in [0.15, 0.2) is 18.2 Å². The predicted molar refractivity (Wildman–Crippen MR) is 96.3 cm³/mol. The maximum atomic E-state index is 12.8. The van der Waals surface area contributed by atoms with Gasteiger partial charge < -0.3 is 4.74 Å². The van der Waals surface area contributed by atoms with Crippen molar-refractivity contribution in [3.63, 3.8) is 0 Å². The standard InChI is InChI=1S/C22H30O2/c1-13(2)19-12-20(23)22(3)10-9-17-16-8-6-15(24-4)11-14(16)5-7-18(17)21(19)22/h6,8,11,13,17-19,21H,5,7,9-10,12H2,1-4H3/t17-,18-,19-,21-,22-/m1/s1. The van der Waals surface area contributed by atoms with E-state index in [2.05, 4.69) is 39.0 Å². The molecule has 2 fully saturated rings. The fourth-order valence-corrected chi connectivity index (χ4v) is 6.28. The Morgan fingerprint density at radius 3 is 2.75 bits per heavy atom. The molecule has 0 aromatic heterocycles. The maximum Gasteiger partial charge on any atom is 0.139 e. The number of carbonyl (C=O) groups excluding carboxylic acids is 1. The minimum atomic E-state index is -0.0555. The molecule has 0 amide bonds. The monoisotopic (exact) mass is 326 g/mol. The van der Waals surface area contributed by atoms with Crippen LogP contribution in [-0.2, 0) is 11.2 Å². The number of hydrogen-bond donors (Lipinski definition) is 0. The first kappa shape index (κ1) is 16.2. The Morgan fingerprint density at radius 2 is 2.04 bits per heavy atom. The summed E-state index contributed by atoms with van der Waals surface area (Å²) < 4.78 is 5.42. The fourth-order valence-electron chi connectivity index (χ4n) is 6.28. The van der Waals surface area contributed by atoms with Crippen LogP contribution in [0.25, 0.3) is 0 Å². The molecule has 0 radical (unpaired) electrons. The number of ketones is 1. The summed E-state index contributed by atoms with van der Waals surface area (Å²) in [5.41, 5.74) is 2.96. The number of methoxy groups -OCH3 is 1. The Bertz CT molecular complexity index is 662. The molecular formula is C22H30O2. The average molecular weight is 326 g/mol. The number of ether oxygens (including phenoxy) is 1. The van der Waals surface area contributed by atoms with Crippen LogP contribution in [0.1, 0.15) is 63.5 Å². The van der Waals surface area contributed by atoms with Gasteiger partial charge in [0.05, 0.1) is 7.11 Å². The van der Waals surface area contributed by atoms with E-state index in [-0.39, 0.29) is 5.41 Å². The van der Waals surface area contributed by atoms with E-state index in [0.29, 0.717) is 35.4 Å². The summed E-state index contributed by atoms with van der Waals surface area (Å²) in [7, 11) is 1.75. The molecule has 3 aliphatic carbocycles. The summed E-state index contributed by atoms with van der Waals surface area (Å²) >= 11 is 0. The number of fused-ring (bicyclic) bond motifs is 5. The van der Waals surface area contributed by atoms with Crippen LogP contribution >= 0.6 is 0 Å². The van der Waals surface area contributed by atoms with Gasteiger partial charge in [-0.25, -0.2) is 0 Å². The van der Waals surface area contributed by atoms with Gasteiger partial charge in [-0.3, -0.25) is 4.79 Å². The van der Waals surface area contributed by atoms with Gasteiger partial charge >= 0.3 is 0 Å². The van der Waals surface area contributed by atoms with Crippen molar-refractivity contribution in [2.24, 2.45) is 29.1 Å². The molecule has 0 bridgehead atoms. The highest BCUT2D eigenvalue weighted by Gasteiger charge is 2.58. The molecule has 1 aromatic carbocycles. The topological polar surface area (TPSA) is 26.3 Å². The third-order valence-corrected chi connectivity index (χ3v) is 7.56. The SMILES string of the molecule is COc1ccc2c(c1)CC[C@H]1[C@@H]3[C@@H](C(C)C)CC(=O)[C@@]3(C)CC[C@H]21. The number of Topliss-reactive ketones (excluding diaryl/α,β-unsaturated/α-hetero) is 1. The summed E-state index contributed by atoms with van der Waals surface area (Å²) in [6, 6.07) is 6.66. The van der Waals surface area contributed by atoms with Crippen LogP contribution < -0.4 is 4.74 Å². The highest BCUT2D eigenvalue weighted by atomic mass is 16.5. The summed E-state index contributed by atoms with van der Waals surface area (Å²) in [5.74, 6) is 4.62. The first-order valence-corrected chi connectivity index (χ1v) is 9.66. The molecule has 1 aromatic rings. The average Bonchev–Trinajstić information content (AvgIpc) is 2.86. The van der Waals surface area contributed by atoms with Gasteiger partial charge in [0.1, 0.15) is 11.5 Å². The molecule has 3 aliphatic rings. The molecule has 2 nitrogen and oxygen atoms in total. The Kier molecular flexibility index (Phi) is 3.78. The highest BCUT2D eigenvalue weighted by Crippen LogP contribution is 2.62. The molecule has 2 heteroatoms. The second kappa shape index (κ2) is 5.61. The molecular weight excluding hydrogens is 296 g/mol. The van der Waals surface area contributed by atoms with Crippen molar-refractivity contribution < 1.29 is 9.53 Å². The molecule has 2 saturated carbocycles. The van der Waals surface area contributed by atoms with Gasteiger partial charge in [-0.15, -0.1) is 0 Å². The normalized spacial score (nSPS) is 37.8. The van der Waals surface area contributed by atoms with Crippen LogP contribution in [0.5, 0.6) is 5.75 Å². The Balaban J connectivity index is 1.73. The molecule has 130 valence electrons. The Morgan fingerprint density at radius 1 is 1.25 bits per heavy atom. The van der Waals surface area contributed by atoms with Crippen LogP contribution in [0.2, 0.25) is 0 Å². The summed E-state index contributed by atoms with van der Waals surface area (Å²) in [6.07, 6.45) is 5.44. The lowest BCUT2D eigenvalue weighted by molar-refractivity contribution is -0.129. The van der Waals surface area contributed by atoms with Crippen molar-refractivity contribution in [2.75, 3.05) is 7.11 Å². The Hall–Kier alpha value is -1.31. The number of aryl methyl sites for hydroxylation is 1. The zero-order chi connectivity index (χ0) is 17.1. The molecule has 24 heavy (non-hydrogen) atoms. The van der Waals surface area contributed by atoms with Crippen molar-refractivity contribution in [2.45, 2.75) is 58.8 Å². The number of rotatable bonds is 2. The quantitative estimate of drug-likeness (QED) is 0.764. The van der Waals surface area contributed by atoms with E-state index in [0.717, 1.165) is 25.0 Å². The van der Waals surface area contributed by atoms with Crippen LogP contribution in [0.4, 0.5) is 0 Å². The summed E-state index contributed by atoms with van der Waals surface area (Å²) in [5, 5.41) is 0. The van der Waals surface area contributed by atoms with Gasteiger partial charge in [-0.2, -0.15) is 0 Å². The van der Waals surface area contributed by atoms with E-state index in [1.165, 1.54) is 24.0 Å². The molecule has 0 saturated heterocycles. The van der Waals surface area contributed by atoms with Gasteiger partial charge in [-0.05, 0) is 78.5 Å². The van der Waals surface area contributed by atoms with Crippen molar-refractivity contribution >= 4 is 5.78 Å². The molecule has 5 atom stereocenters. The zero-order valence-corrected chi connectivity index (χ0v) is 15.5. The van der Waals surface area contributed by atoms with E-state index in [4.69, 9.17) is 4.74 Å². The second-order valence-electron chi connectivity index (χ2n) is 8.89. The lowest BCUT2D eigenvalue weighted by atomic mass is 9.53. The van der Waals surface area contributed by atoms with Crippen LogP contribution in [-0.4, -0.2) is 12.9 Å². The van der Waals surface area contributed by atoms with E-state index in [9.17, 15) is 4.79 Å². The minimum absolute atomic E-state index is 0.0555. The zero-order valence-electron chi connectivity index (χ0n) is 15.5. The lowest BCUT2D eigenvalue weighted by Crippen LogP contribution is -2.44. The predicted octanol–water partition coefficient (Wildman–Crippen LogP) is 5.00. The summed E-state index contributed by atoms with van der Waals surface area (Å²) in [6.45, 7) is 6.91. The van der Waals surface area contributed by atoms with E-state index in [1.54, 1.807) is 7.11 Å². The van der Waals surface area contributed by atoms with Gasteiger partial charge in [0.15, 0.2) is 0 Å². The molecule has 0 heterocycles. The smallest absolute Gasteiger partial charge is 0.139 e. The molecule has 0 unspecified atom stereocenters. The fraction of sp³-hybridized carbons (Fsp3) is 0.682. The van der Waals surface area contributed by atoms with Crippen molar-refractivity contribution in [1.82, 2.24) is 0 Å². The Labute approximate surface area is 146 Å².